The standard InChI is InChI=1S/C18H19N3O4/c1-11-5-4-6-14(12(11)2)20-17(23)18(24)21-19-10-13-7-8-15(22)16(9-13)25-3/h4-10,22H,1-3H3,(H,20,23)(H,21,24). The Hall–Kier alpha value is -3.35. The average Bonchev–Trinajstić information content (AvgIpc) is 2.60. The van der Waals surface area contributed by atoms with Gasteiger partial charge in [0.2, 0.25) is 0 Å². The molecule has 2 aromatic rings. The summed E-state index contributed by atoms with van der Waals surface area (Å²) in [6.07, 6.45) is 1.34. The van der Waals surface area contributed by atoms with Crippen LogP contribution in [0.4, 0.5) is 5.69 Å². The Morgan fingerprint density at radius 2 is 1.92 bits per heavy atom. The Balaban J connectivity index is 1.97. The van der Waals surface area contributed by atoms with Crippen LogP contribution in [0, 0.1) is 13.8 Å². The minimum absolute atomic E-state index is 0.00316. The molecule has 0 spiro atoms. The van der Waals surface area contributed by atoms with Crippen LogP contribution in [-0.4, -0.2) is 30.2 Å². The molecular weight excluding hydrogens is 322 g/mol. The lowest BCUT2D eigenvalue weighted by Gasteiger charge is -2.09. The maximum atomic E-state index is 11.9. The number of nitrogens with zero attached hydrogens (tertiary/aromatic N) is 1. The molecule has 0 unspecified atom stereocenters. The van der Waals surface area contributed by atoms with E-state index in [1.807, 2.05) is 19.9 Å². The fourth-order valence-corrected chi connectivity index (χ4v) is 2.06. The van der Waals surface area contributed by atoms with Gasteiger partial charge in [0.05, 0.1) is 13.3 Å². The molecule has 0 aromatic heterocycles. The summed E-state index contributed by atoms with van der Waals surface area (Å²) in [6.45, 7) is 3.78. The molecular formula is C18H19N3O4. The molecule has 0 saturated heterocycles. The largest absolute Gasteiger partial charge is 0.504 e. The molecule has 2 amide bonds. The third-order valence-corrected chi connectivity index (χ3v) is 3.64. The van der Waals surface area contributed by atoms with E-state index >= 15 is 0 Å². The zero-order valence-electron chi connectivity index (χ0n) is 14.2. The molecule has 0 atom stereocenters. The number of hydrazone groups is 1. The molecule has 2 rings (SSSR count). The van der Waals surface area contributed by atoms with E-state index in [-0.39, 0.29) is 11.5 Å². The van der Waals surface area contributed by atoms with Crippen molar-refractivity contribution < 1.29 is 19.4 Å². The molecule has 130 valence electrons. The summed E-state index contributed by atoms with van der Waals surface area (Å²) in [4.78, 5) is 23.7. The number of ether oxygens (including phenoxy) is 1. The predicted octanol–water partition coefficient (Wildman–Crippen LogP) is 2.11. The van der Waals surface area contributed by atoms with Gasteiger partial charge in [0, 0.05) is 5.69 Å². The smallest absolute Gasteiger partial charge is 0.329 e. The van der Waals surface area contributed by atoms with Gasteiger partial charge >= 0.3 is 11.8 Å². The zero-order chi connectivity index (χ0) is 18.4. The summed E-state index contributed by atoms with van der Waals surface area (Å²) in [5.74, 6) is -1.42. The highest BCUT2D eigenvalue weighted by atomic mass is 16.5. The predicted molar refractivity (Wildman–Crippen MR) is 94.9 cm³/mol. The third kappa shape index (κ3) is 4.57. The molecule has 7 heteroatoms. The number of phenolic OH excluding ortho intramolecular Hbond substituents is 1. The van der Waals surface area contributed by atoms with Gasteiger partial charge in [-0.25, -0.2) is 5.43 Å². The molecule has 0 aliphatic heterocycles. The number of aromatic hydroxyl groups is 1. The molecule has 2 aromatic carbocycles. The minimum Gasteiger partial charge on any atom is -0.504 e. The lowest BCUT2D eigenvalue weighted by atomic mass is 10.1. The number of amides is 2. The molecule has 0 radical (unpaired) electrons. The van der Waals surface area contributed by atoms with Crippen LogP contribution in [0.2, 0.25) is 0 Å². The van der Waals surface area contributed by atoms with Gasteiger partial charge in [-0.05, 0) is 54.8 Å². The van der Waals surface area contributed by atoms with Crippen LogP contribution < -0.4 is 15.5 Å². The van der Waals surface area contributed by atoms with Crippen molar-refractivity contribution in [3.8, 4) is 11.5 Å². The lowest BCUT2D eigenvalue weighted by molar-refractivity contribution is -0.136. The van der Waals surface area contributed by atoms with E-state index in [0.717, 1.165) is 11.1 Å². The van der Waals surface area contributed by atoms with Crippen LogP contribution in [0.3, 0.4) is 0 Å². The van der Waals surface area contributed by atoms with Crippen LogP contribution in [0.1, 0.15) is 16.7 Å². The Kier molecular flexibility index (Phi) is 5.73. The molecule has 0 aliphatic rings. The quantitative estimate of drug-likeness (QED) is 0.450. The Labute approximate surface area is 145 Å². The number of anilines is 1. The highest BCUT2D eigenvalue weighted by Gasteiger charge is 2.14. The van der Waals surface area contributed by atoms with E-state index in [1.165, 1.54) is 19.4 Å². The van der Waals surface area contributed by atoms with Crippen molar-refractivity contribution in [2.24, 2.45) is 5.10 Å². The molecule has 0 aliphatic carbocycles. The number of hydrogen-bond acceptors (Lipinski definition) is 5. The van der Waals surface area contributed by atoms with Gasteiger partial charge in [0.25, 0.3) is 0 Å². The molecule has 25 heavy (non-hydrogen) atoms. The fraction of sp³-hybridized carbons (Fsp3) is 0.167. The van der Waals surface area contributed by atoms with Gasteiger partial charge in [0.15, 0.2) is 11.5 Å². The van der Waals surface area contributed by atoms with Crippen LogP contribution >= 0.6 is 0 Å². The Morgan fingerprint density at radius 3 is 2.64 bits per heavy atom. The topological polar surface area (TPSA) is 100 Å². The van der Waals surface area contributed by atoms with Crippen molar-refractivity contribution in [1.29, 1.82) is 0 Å². The second-order valence-electron chi connectivity index (χ2n) is 5.33. The first-order valence-corrected chi connectivity index (χ1v) is 7.50. The molecule has 3 N–H and O–H groups in total. The van der Waals surface area contributed by atoms with Gasteiger partial charge in [-0.3, -0.25) is 9.59 Å². The molecule has 0 bridgehead atoms. The van der Waals surface area contributed by atoms with Crippen molar-refractivity contribution in [1.82, 2.24) is 5.43 Å². The average molecular weight is 341 g/mol. The monoisotopic (exact) mass is 341 g/mol. The van der Waals surface area contributed by atoms with Crippen molar-refractivity contribution in [2.45, 2.75) is 13.8 Å². The van der Waals surface area contributed by atoms with Gasteiger partial charge in [-0.15, -0.1) is 0 Å². The van der Waals surface area contributed by atoms with Gasteiger partial charge in [0.1, 0.15) is 0 Å². The van der Waals surface area contributed by atoms with Crippen LogP contribution in [0.25, 0.3) is 0 Å². The number of carbonyl (C=O) groups excluding carboxylic acids is 2. The van der Waals surface area contributed by atoms with E-state index in [1.54, 1.807) is 24.3 Å². The number of hydrogen-bond donors (Lipinski definition) is 3. The van der Waals surface area contributed by atoms with Gasteiger partial charge in [-0.1, -0.05) is 12.1 Å². The SMILES string of the molecule is COc1cc(C=NNC(=O)C(=O)Nc2cccc(C)c2C)ccc1O. The van der Waals surface area contributed by atoms with Crippen molar-refractivity contribution >= 4 is 23.7 Å². The number of carbonyl (C=O) groups is 2. The molecule has 7 nitrogen and oxygen atoms in total. The minimum atomic E-state index is -0.886. The summed E-state index contributed by atoms with van der Waals surface area (Å²) >= 11 is 0. The van der Waals surface area contributed by atoms with Gasteiger partial charge in [-0.2, -0.15) is 5.10 Å². The van der Waals surface area contributed by atoms with Crippen LogP contribution in [0.15, 0.2) is 41.5 Å². The number of phenols is 1. The Bertz CT molecular complexity index is 831. The molecule has 0 saturated carbocycles. The molecule has 0 heterocycles. The van der Waals surface area contributed by atoms with Gasteiger partial charge < -0.3 is 15.2 Å². The summed E-state index contributed by atoms with van der Waals surface area (Å²) in [5, 5.41) is 15.8. The second kappa shape index (κ2) is 7.96. The summed E-state index contributed by atoms with van der Waals surface area (Å²) in [6, 6.07) is 10.0. The zero-order valence-corrected chi connectivity index (χ0v) is 14.2. The first-order chi connectivity index (χ1) is 11.9. The fourth-order valence-electron chi connectivity index (χ4n) is 2.06. The van der Waals surface area contributed by atoms with E-state index in [2.05, 4.69) is 15.8 Å². The normalized spacial score (nSPS) is 10.5. The highest BCUT2D eigenvalue weighted by molar-refractivity contribution is 6.39. The van der Waals surface area contributed by atoms with E-state index in [4.69, 9.17) is 4.74 Å². The van der Waals surface area contributed by atoms with Crippen LogP contribution in [-0.2, 0) is 9.59 Å². The summed E-state index contributed by atoms with van der Waals surface area (Å²) in [7, 11) is 1.43. The number of nitrogens with one attached hydrogen (secondary N) is 2. The maximum absolute atomic E-state index is 11.9. The number of rotatable bonds is 4. The number of benzene rings is 2. The number of aryl methyl sites for hydroxylation is 1. The van der Waals surface area contributed by atoms with Crippen LogP contribution in [0.5, 0.6) is 11.5 Å². The second-order valence-corrected chi connectivity index (χ2v) is 5.33. The number of methoxy groups -OCH3 is 1. The van der Waals surface area contributed by atoms with Crippen molar-refractivity contribution in [3.05, 3.63) is 53.1 Å². The van der Waals surface area contributed by atoms with E-state index < -0.39 is 11.8 Å². The van der Waals surface area contributed by atoms with Crippen molar-refractivity contribution in [3.63, 3.8) is 0 Å². The first kappa shape index (κ1) is 18.0. The highest BCUT2D eigenvalue weighted by Crippen LogP contribution is 2.25. The maximum Gasteiger partial charge on any atom is 0.329 e. The lowest BCUT2D eigenvalue weighted by Crippen LogP contribution is -2.32. The summed E-state index contributed by atoms with van der Waals surface area (Å²) in [5.41, 5.74) is 5.22. The molecule has 0 fully saturated rings. The third-order valence-electron chi connectivity index (χ3n) is 3.64. The summed E-state index contributed by atoms with van der Waals surface area (Å²) < 4.78 is 4.98. The first-order valence-electron chi connectivity index (χ1n) is 7.50. The Morgan fingerprint density at radius 1 is 1.16 bits per heavy atom. The van der Waals surface area contributed by atoms with E-state index in [0.29, 0.717) is 11.3 Å². The van der Waals surface area contributed by atoms with E-state index in [9.17, 15) is 14.7 Å². The van der Waals surface area contributed by atoms with Crippen molar-refractivity contribution in [2.75, 3.05) is 12.4 Å².